The van der Waals surface area contributed by atoms with Crippen LogP contribution < -0.4 is 0 Å². The van der Waals surface area contributed by atoms with Crippen molar-refractivity contribution in [1.82, 2.24) is 0 Å². The highest BCUT2D eigenvalue weighted by Gasteiger charge is 2.08. The Morgan fingerprint density at radius 2 is 2.38 bits per heavy atom. The Morgan fingerprint density at radius 1 is 1.62 bits per heavy atom. The third kappa shape index (κ3) is 1.08. The van der Waals surface area contributed by atoms with Gasteiger partial charge in [0.2, 0.25) is 0 Å². The molecule has 1 nitrogen and oxygen atoms in total. The van der Waals surface area contributed by atoms with Crippen molar-refractivity contribution in [1.29, 1.82) is 0 Å². The lowest BCUT2D eigenvalue weighted by molar-refractivity contribution is 0.605. The lowest BCUT2D eigenvalue weighted by Gasteiger charge is -1.59. The van der Waals surface area contributed by atoms with E-state index in [1.807, 2.05) is 0 Å². The first-order chi connectivity index (χ1) is 3.83. The van der Waals surface area contributed by atoms with Crippen LogP contribution in [0.1, 0.15) is 0 Å². The standard InChI is InChI=1S/C4H2FOS2/c5-3-1-2-4(7-3)8-6/h1-2H/q+1. The van der Waals surface area contributed by atoms with Crippen LogP contribution in [0.4, 0.5) is 4.39 Å². The highest BCUT2D eigenvalue weighted by atomic mass is 32.2. The molecular weight excluding hydrogens is 147 g/mol. The molecule has 0 aliphatic carbocycles. The smallest absolute Gasteiger partial charge is 0.195 e. The van der Waals surface area contributed by atoms with E-state index in [0.29, 0.717) is 15.9 Å². The Hall–Kier alpha value is -0.350. The van der Waals surface area contributed by atoms with Gasteiger partial charge < -0.3 is 0 Å². The molecule has 0 atom stereocenters. The zero-order valence-corrected chi connectivity index (χ0v) is 5.39. The number of hydrogen-bond acceptors (Lipinski definition) is 2. The van der Waals surface area contributed by atoms with Crippen LogP contribution in [0.25, 0.3) is 0 Å². The minimum atomic E-state index is -0.302. The Labute approximate surface area is 53.6 Å². The maximum absolute atomic E-state index is 12.0. The molecule has 0 fully saturated rings. The number of rotatable bonds is 1. The first-order valence-corrected chi connectivity index (χ1v) is 3.44. The van der Waals surface area contributed by atoms with E-state index in [9.17, 15) is 8.60 Å². The van der Waals surface area contributed by atoms with E-state index in [0.717, 1.165) is 11.3 Å². The van der Waals surface area contributed by atoms with Crippen molar-refractivity contribution in [2.45, 2.75) is 4.21 Å². The molecule has 4 heteroatoms. The van der Waals surface area contributed by atoms with Crippen molar-refractivity contribution >= 4 is 23.0 Å². The molecular formula is C4H2FOS2+. The molecule has 1 heterocycles. The van der Waals surface area contributed by atoms with Crippen molar-refractivity contribution in [2.24, 2.45) is 0 Å². The van der Waals surface area contributed by atoms with Crippen LogP contribution in [0.5, 0.6) is 0 Å². The Bertz CT molecular complexity index is 196. The van der Waals surface area contributed by atoms with E-state index >= 15 is 0 Å². The Kier molecular flexibility index (Phi) is 1.65. The van der Waals surface area contributed by atoms with E-state index in [1.54, 1.807) is 0 Å². The molecule has 0 spiro atoms. The Balaban J connectivity index is 3.00. The zero-order chi connectivity index (χ0) is 5.98. The summed E-state index contributed by atoms with van der Waals surface area (Å²) in [7, 11) is 0. The fraction of sp³-hybridized carbons (Fsp3) is 0. The van der Waals surface area contributed by atoms with Gasteiger partial charge >= 0.3 is 15.9 Å². The van der Waals surface area contributed by atoms with Gasteiger partial charge in [0.15, 0.2) is 5.13 Å². The van der Waals surface area contributed by atoms with Crippen LogP contribution in [0.2, 0.25) is 0 Å². The summed E-state index contributed by atoms with van der Waals surface area (Å²) in [5.41, 5.74) is 0. The van der Waals surface area contributed by atoms with E-state index in [4.69, 9.17) is 0 Å². The van der Waals surface area contributed by atoms with E-state index in [1.165, 1.54) is 12.1 Å². The fourth-order valence-corrected chi connectivity index (χ4v) is 1.31. The normalized spacial score (nSPS) is 9.12. The summed E-state index contributed by atoms with van der Waals surface area (Å²) in [4.78, 5) is 0. The van der Waals surface area contributed by atoms with Gasteiger partial charge in [-0.1, -0.05) is 0 Å². The van der Waals surface area contributed by atoms with Crippen molar-refractivity contribution in [2.75, 3.05) is 0 Å². The zero-order valence-electron chi connectivity index (χ0n) is 3.76. The second kappa shape index (κ2) is 2.28. The van der Waals surface area contributed by atoms with Gasteiger partial charge in [-0.05, 0) is 17.4 Å². The van der Waals surface area contributed by atoms with Gasteiger partial charge in [0.05, 0.1) is 0 Å². The van der Waals surface area contributed by atoms with E-state index in [-0.39, 0.29) is 5.13 Å². The third-order valence-electron chi connectivity index (χ3n) is 0.631. The minimum absolute atomic E-state index is 0.302. The molecule has 0 unspecified atom stereocenters. The molecule has 1 aromatic heterocycles. The average molecular weight is 149 g/mol. The highest BCUT2D eigenvalue weighted by Crippen LogP contribution is 2.13. The van der Waals surface area contributed by atoms with Crippen LogP contribution in [0.15, 0.2) is 16.3 Å². The van der Waals surface area contributed by atoms with Crippen LogP contribution in [0.3, 0.4) is 0 Å². The quantitative estimate of drug-likeness (QED) is 0.555. The first-order valence-electron chi connectivity index (χ1n) is 1.88. The molecule has 0 bridgehead atoms. The predicted molar refractivity (Wildman–Crippen MR) is 30.6 cm³/mol. The molecule has 42 valence electrons. The van der Waals surface area contributed by atoms with Gasteiger partial charge in [0.25, 0.3) is 0 Å². The number of hydrogen-bond donors (Lipinski definition) is 0. The van der Waals surface area contributed by atoms with Gasteiger partial charge in [-0.3, -0.25) is 0 Å². The lowest BCUT2D eigenvalue weighted by Crippen LogP contribution is -1.52. The molecule has 0 amide bonds. The summed E-state index contributed by atoms with van der Waals surface area (Å²) in [5.74, 6) is 0. The summed E-state index contributed by atoms with van der Waals surface area (Å²) in [5, 5.41) is -0.302. The highest BCUT2D eigenvalue weighted by molar-refractivity contribution is 7.68. The van der Waals surface area contributed by atoms with Crippen molar-refractivity contribution < 1.29 is 8.60 Å². The molecule has 1 aromatic rings. The monoisotopic (exact) mass is 149 g/mol. The van der Waals surface area contributed by atoms with Gasteiger partial charge in [0.1, 0.15) is 0 Å². The number of thiophene rings is 1. The second-order valence-corrected chi connectivity index (χ2v) is 3.04. The van der Waals surface area contributed by atoms with Crippen molar-refractivity contribution in [3.63, 3.8) is 0 Å². The summed E-state index contributed by atoms with van der Waals surface area (Å²) < 4.78 is 22.4. The van der Waals surface area contributed by atoms with Gasteiger partial charge in [0, 0.05) is 10.3 Å². The lowest BCUT2D eigenvalue weighted by atomic mass is 10.7. The molecule has 0 saturated heterocycles. The Morgan fingerprint density at radius 3 is 2.62 bits per heavy atom. The van der Waals surface area contributed by atoms with Crippen molar-refractivity contribution in [3.8, 4) is 0 Å². The largest absolute Gasteiger partial charge is 0.517 e. The summed E-state index contributed by atoms with van der Waals surface area (Å²) >= 11 is 1.19. The summed E-state index contributed by atoms with van der Waals surface area (Å²) in [6.45, 7) is 0. The SMILES string of the molecule is O=[S+]c1ccc(F)s1. The minimum Gasteiger partial charge on any atom is -0.195 e. The maximum atomic E-state index is 12.0. The molecule has 0 saturated carbocycles. The second-order valence-electron chi connectivity index (χ2n) is 1.14. The van der Waals surface area contributed by atoms with E-state index < -0.39 is 0 Å². The van der Waals surface area contributed by atoms with Crippen LogP contribution >= 0.6 is 11.3 Å². The predicted octanol–water partition coefficient (Wildman–Crippen LogP) is 1.67. The van der Waals surface area contributed by atoms with Gasteiger partial charge in [-0.2, -0.15) is 4.39 Å². The molecule has 8 heavy (non-hydrogen) atoms. The number of halogens is 1. The molecule has 0 aliphatic rings. The fourth-order valence-electron chi connectivity index (χ4n) is 0.342. The van der Waals surface area contributed by atoms with Crippen LogP contribution in [0, 0.1) is 5.13 Å². The van der Waals surface area contributed by atoms with Gasteiger partial charge in [-0.25, -0.2) is 0 Å². The molecule has 0 N–H and O–H groups in total. The van der Waals surface area contributed by atoms with Crippen molar-refractivity contribution in [3.05, 3.63) is 17.3 Å². The topological polar surface area (TPSA) is 17.1 Å². The molecule has 1 rings (SSSR count). The summed E-state index contributed by atoms with van der Waals surface area (Å²) in [6, 6.07) is 2.75. The maximum Gasteiger partial charge on any atom is 0.517 e. The first kappa shape index (κ1) is 5.78. The molecule has 0 radical (unpaired) electrons. The van der Waals surface area contributed by atoms with Gasteiger partial charge in [-0.15, -0.1) is 0 Å². The van der Waals surface area contributed by atoms with Crippen LogP contribution in [-0.4, -0.2) is 0 Å². The average Bonchev–Trinajstić information content (AvgIpc) is 2.14. The molecule has 0 aromatic carbocycles. The van der Waals surface area contributed by atoms with E-state index in [2.05, 4.69) is 0 Å². The third-order valence-corrected chi connectivity index (χ3v) is 2.05. The summed E-state index contributed by atoms with van der Waals surface area (Å²) in [6.07, 6.45) is 0. The van der Waals surface area contributed by atoms with Crippen LogP contribution in [-0.2, 0) is 15.9 Å². The molecule has 0 aliphatic heterocycles.